The Morgan fingerprint density at radius 2 is 1.75 bits per heavy atom. The first-order valence-corrected chi connectivity index (χ1v) is 9.17. The number of nitrogens with zero attached hydrogens (tertiary/aromatic N) is 1. The van der Waals surface area contributed by atoms with Crippen LogP contribution in [0.5, 0.6) is 17.2 Å². The van der Waals surface area contributed by atoms with Crippen LogP contribution < -0.4 is 25.3 Å². The van der Waals surface area contributed by atoms with Gasteiger partial charge >= 0.3 is 0 Å². The molecule has 0 saturated carbocycles. The van der Waals surface area contributed by atoms with E-state index in [9.17, 15) is 0 Å². The molecule has 0 heterocycles. The molecule has 0 saturated heterocycles. The molecule has 154 valence electrons. The van der Waals surface area contributed by atoms with Gasteiger partial charge in [-0.2, -0.15) is 0 Å². The monoisotopic (exact) mass is 499 g/mol. The summed E-state index contributed by atoms with van der Waals surface area (Å²) in [5.74, 6) is 2.63. The van der Waals surface area contributed by atoms with Crippen molar-refractivity contribution in [2.45, 2.75) is 26.2 Å². The number of aliphatic imine (C=N–C) groups is 1. The van der Waals surface area contributed by atoms with Gasteiger partial charge < -0.3 is 25.3 Å². The lowest BCUT2D eigenvalue weighted by Crippen LogP contribution is -2.23. The summed E-state index contributed by atoms with van der Waals surface area (Å²) in [4.78, 5) is 4.38. The summed E-state index contributed by atoms with van der Waals surface area (Å²) in [7, 11) is 3.22. The summed E-state index contributed by atoms with van der Waals surface area (Å²) in [6.45, 7) is 3.50. The molecule has 0 amide bonds. The molecule has 0 atom stereocenters. The zero-order chi connectivity index (χ0) is 19.5. The summed E-state index contributed by atoms with van der Waals surface area (Å²) in [5.41, 5.74) is 7.90. The van der Waals surface area contributed by atoms with Crippen LogP contribution in [0.1, 0.15) is 25.3 Å². The second-order valence-corrected chi connectivity index (χ2v) is 6.05. The predicted molar refractivity (Wildman–Crippen MR) is 126 cm³/mol. The van der Waals surface area contributed by atoms with E-state index < -0.39 is 0 Å². The largest absolute Gasteiger partial charge is 0.497 e. The lowest BCUT2D eigenvalue weighted by molar-refractivity contribution is 0.309. The molecule has 0 aliphatic rings. The third-order valence-corrected chi connectivity index (χ3v) is 4.04. The average Bonchev–Trinajstić information content (AvgIpc) is 2.69. The zero-order valence-electron chi connectivity index (χ0n) is 16.7. The van der Waals surface area contributed by atoms with E-state index in [1.165, 1.54) is 5.56 Å². The predicted octanol–water partition coefficient (Wildman–Crippen LogP) is 4.47. The fourth-order valence-electron chi connectivity index (χ4n) is 2.48. The average molecular weight is 499 g/mol. The van der Waals surface area contributed by atoms with Crippen molar-refractivity contribution >= 4 is 35.6 Å². The first kappa shape index (κ1) is 23.9. The third-order valence-electron chi connectivity index (χ3n) is 4.04. The number of nitrogens with two attached hydrogens (primary N) is 1. The Morgan fingerprint density at radius 1 is 1.04 bits per heavy atom. The molecule has 0 aliphatic heterocycles. The molecule has 0 bridgehead atoms. The fourth-order valence-corrected chi connectivity index (χ4v) is 2.48. The normalized spacial score (nSPS) is 10.8. The first-order valence-electron chi connectivity index (χ1n) is 9.17. The van der Waals surface area contributed by atoms with E-state index >= 15 is 0 Å². The first-order chi connectivity index (χ1) is 13.2. The molecular weight excluding hydrogens is 469 g/mol. The highest BCUT2D eigenvalue weighted by Gasteiger charge is 2.06. The van der Waals surface area contributed by atoms with Crippen molar-refractivity contribution in [3.63, 3.8) is 0 Å². The van der Waals surface area contributed by atoms with Crippen LogP contribution in [-0.2, 0) is 6.42 Å². The number of hydrogen-bond acceptors (Lipinski definition) is 4. The standard InChI is InChI=1S/C21H29N3O3.HI/c1-4-5-14-27-17-8-6-16(7-9-17)12-13-23-21(22)24-19-15-18(25-2)10-11-20(19)26-3;/h6-11,15H,4-5,12-14H2,1-3H3,(H3,22,23,24);1H. The van der Waals surface area contributed by atoms with Crippen LogP contribution in [0.25, 0.3) is 0 Å². The van der Waals surface area contributed by atoms with Crippen LogP contribution in [0.4, 0.5) is 5.69 Å². The molecule has 2 rings (SSSR count). The molecule has 0 aliphatic carbocycles. The lowest BCUT2D eigenvalue weighted by atomic mass is 10.1. The fraction of sp³-hybridized carbons (Fsp3) is 0.381. The Bertz CT molecular complexity index is 736. The zero-order valence-corrected chi connectivity index (χ0v) is 19.1. The van der Waals surface area contributed by atoms with Crippen molar-refractivity contribution < 1.29 is 14.2 Å². The Morgan fingerprint density at radius 3 is 2.39 bits per heavy atom. The van der Waals surface area contributed by atoms with Crippen LogP contribution in [0.15, 0.2) is 47.5 Å². The summed E-state index contributed by atoms with van der Waals surface area (Å²) in [6.07, 6.45) is 3.00. The quantitative estimate of drug-likeness (QED) is 0.218. The number of methoxy groups -OCH3 is 2. The van der Waals surface area contributed by atoms with Gasteiger partial charge in [0, 0.05) is 12.6 Å². The SMILES string of the molecule is CCCCOc1ccc(CCN=C(N)Nc2cc(OC)ccc2OC)cc1.I. The molecule has 0 radical (unpaired) electrons. The van der Waals surface area contributed by atoms with E-state index in [-0.39, 0.29) is 24.0 Å². The number of benzene rings is 2. The molecule has 2 aromatic rings. The molecule has 0 aromatic heterocycles. The Labute approximate surface area is 184 Å². The van der Waals surface area contributed by atoms with Gasteiger partial charge in [0.25, 0.3) is 0 Å². The van der Waals surface area contributed by atoms with Crippen molar-refractivity contribution in [1.29, 1.82) is 0 Å². The van der Waals surface area contributed by atoms with E-state index in [0.717, 1.165) is 31.6 Å². The summed E-state index contributed by atoms with van der Waals surface area (Å²) >= 11 is 0. The third kappa shape index (κ3) is 7.84. The van der Waals surface area contributed by atoms with Crippen LogP contribution in [0.3, 0.4) is 0 Å². The number of rotatable bonds is 10. The number of nitrogens with one attached hydrogen (secondary N) is 1. The van der Waals surface area contributed by atoms with Crippen LogP contribution >= 0.6 is 24.0 Å². The number of halogens is 1. The molecule has 3 N–H and O–H groups in total. The number of guanidine groups is 1. The molecule has 0 spiro atoms. The van der Waals surface area contributed by atoms with E-state index in [2.05, 4.69) is 29.4 Å². The highest BCUT2D eigenvalue weighted by molar-refractivity contribution is 14.0. The smallest absolute Gasteiger partial charge is 0.193 e. The van der Waals surface area contributed by atoms with Crippen molar-refractivity contribution in [1.82, 2.24) is 0 Å². The molecule has 7 heteroatoms. The number of anilines is 1. The topological polar surface area (TPSA) is 78.1 Å². The molecule has 2 aromatic carbocycles. The Balaban J connectivity index is 0.00000392. The minimum absolute atomic E-state index is 0. The van der Waals surface area contributed by atoms with Crippen molar-refractivity contribution in [3.8, 4) is 17.2 Å². The Hall–Kier alpha value is -2.16. The van der Waals surface area contributed by atoms with E-state index in [0.29, 0.717) is 29.7 Å². The van der Waals surface area contributed by atoms with Crippen molar-refractivity contribution in [3.05, 3.63) is 48.0 Å². The summed E-state index contributed by atoms with van der Waals surface area (Å²) < 4.78 is 16.2. The van der Waals surface area contributed by atoms with Gasteiger partial charge in [-0.1, -0.05) is 25.5 Å². The van der Waals surface area contributed by atoms with Gasteiger partial charge in [0.05, 0.1) is 26.5 Å². The molecule has 6 nitrogen and oxygen atoms in total. The van der Waals surface area contributed by atoms with Gasteiger partial charge in [0.15, 0.2) is 5.96 Å². The molecule has 0 fully saturated rings. The van der Waals surface area contributed by atoms with Crippen LogP contribution in [0.2, 0.25) is 0 Å². The maximum Gasteiger partial charge on any atom is 0.193 e. The van der Waals surface area contributed by atoms with E-state index in [1.807, 2.05) is 30.3 Å². The minimum atomic E-state index is 0. The van der Waals surface area contributed by atoms with Gasteiger partial charge in [-0.05, 0) is 42.7 Å². The van der Waals surface area contributed by atoms with Gasteiger partial charge in [-0.15, -0.1) is 24.0 Å². The second kappa shape index (κ2) is 13.1. The van der Waals surface area contributed by atoms with Crippen LogP contribution in [-0.4, -0.2) is 33.3 Å². The van der Waals surface area contributed by atoms with Gasteiger partial charge in [-0.3, -0.25) is 4.99 Å². The molecule has 0 unspecified atom stereocenters. The van der Waals surface area contributed by atoms with Crippen molar-refractivity contribution in [2.24, 2.45) is 10.7 Å². The highest BCUT2D eigenvalue weighted by atomic mass is 127. The maximum absolute atomic E-state index is 6.00. The number of ether oxygens (including phenoxy) is 3. The summed E-state index contributed by atoms with van der Waals surface area (Å²) in [5, 5.41) is 3.06. The molecular formula is C21H30IN3O3. The lowest BCUT2D eigenvalue weighted by Gasteiger charge is -2.12. The van der Waals surface area contributed by atoms with Crippen molar-refractivity contribution in [2.75, 3.05) is 32.7 Å². The molecule has 28 heavy (non-hydrogen) atoms. The van der Waals surface area contributed by atoms with E-state index in [1.54, 1.807) is 14.2 Å². The van der Waals surface area contributed by atoms with Crippen LogP contribution in [0, 0.1) is 0 Å². The van der Waals surface area contributed by atoms with E-state index in [4.69, 9.17) is 19.9 Å². The van der Waals surface area contributed by atoms with Gasteiger partial charge in [-0.25, -0.2) is 0 Å². The van der Waals surface area contributed by atoms with Gasteiger partial charge in [0.2, 0.25) is 0 Å². The minimum Gasteiger partial charge on any atom is -0.497 e. The second-order valence-electron chi connectivity index (χ2n) is 6.05. The number of hydrogen-bond donors (Lipinski definition) is 2. The maximum atomic E-state index is 6.00. The summed E-state index contributed by atoms with van der Waals surface area (Å²) in [6, 6.07) is 13.6. The number of unbranched alkanes of at least 4 members (excludes halogenated alkanes) is 1. The highest BCUT2D eigenvalue weighted by Crippen LogP contribution is 2.28. The Kier molecular flexibility index (Phi) is 11.2. The van der Waals surface area contributed by atoms with Gasteiger partial charge in [0.1, 0.15) is 17.2 Å².